The molecule has 6 nitrogen and oxygen atoms in total. The molecule has 4 aromatic rings. The molecule has 0 saturated carbocycles. The zero-order chi connectivity index (χ0) is 21.3. The summed E-state index contributed by atoms with van der Waals surface area (Å²) >= 11 is 9.10. The molecule has 30 heavy (non-hydrogen) atoms. The van der Waals surface area contributed by atoms with Crippen molar-refractivity contribution in [1.82, 2.24) is 4.57 Å². The Morgan fingerprint density at radius 1 is 1.10 bits per heavy atom. The first-order valence-corrected chi connectivity index (χ1v) is 11.0. The summed E-state index contributed by atoms with van der Waals surface area (Å²) in [5.74, 6) is -0.813. The van der Waals surface area contributed by atoms with Gasteiger partial charge in [-0.1, -0.05) is 41.1 Å². The number of nitrogens with zero attached hydrogens (tertiary/aromatic N) is 2. The van der Waals surface area contributed by atoms with Gasteiger partial charge in [0, 0.05) is 23.7 Å². The highest BCUT2D eigenvalue weighted by Gasteiger charge is 2.18. The molecule has 4 rings (SSSR count). The number of benzene rings is 2. The predicted molar refractivity (Wildman–Crippen MR) is 120 cm³/mol. The number of fused-ring (bicyclic) bond motifs is 2. The maximum absolute atomic E-state index is 13.0. The Kier molecular flexibility index (Phi) is 6.01. The zero-order valence-corrected chi connectivity index (χ0v) is 18.6. The summed E-state index contributed by atoms with van der Waals surface area (Å²) < 4.78 is 13.7. The summed E-state index contributed by atoms with van der Waals surface area (Å²) in [6.45, 7) is 0.968. The van der Waals surface area contributed by atoms with Crippen LogP contribution >= 0.6 is 34.3 Å². The first-order chi connectivity index (χ1) is 14.5. The summed E-state index contributed by atoms with van der Waals surface area (Å²) in [7, 11) is 2.96. The molecule has 2 heterocycles. The van der Waals surface area contributed by atoms with Crippen molar-refractivity contribution in [1.29, 1.82) is 0 Å². The Labute approximate surface area is 185 Å². The molecular formula is C21H17ClN2O4S2. The molecule has 0 aliphatic heterocycles. The van der Waals surface area contributed by atoms with Crippen LogP contribution in [0.1, 0.15) is 20.0 Å². The van der Waals surface area contributed by atoms with Crippen molar-refractivity contribution in [3.05, 3.63) is 62.7 Å². The van der Waals surface area contributed by atoms with Gasteiger partial charge >= 0.3 is 5.97 Å². The van der Waals surface area contributed by atoms with E-state index < -0.39 is 11.9 Å². The van der Waals surface area contributed by atoms with Gasteiger partial charge in [-0.05, 0) is 24.3 Å². The van der Waals surface area contributed by atoms with Crippen LogP contribution in [0.25, 0.3) is 20.3 Å². The lowest BCUT2D eigenvalue weighted by atomic mass is 10.2. The number of esters is 1. The number of methoxy groups -OCH3 is 2. The molecule has 154 valence electrons. The van der Waals surface area contributed by atoms with Gasteiger partial charge in [0.05, 0.1) is 34.5 Å². The van der Waals surface area contributed by atoms with Crippen LogP contribution in [0.2, 0.25) is 5.02 Å². The average Bonchev–Trinajstić information content (AvgIpc) is 3.28. The number of ether oxygens (including phenoxy) is 2. The van der Waals surface area contributed by atoms with Crippen molar-refractivity contribution < 1.29 is 19.1 Å². The predicted octanol–water partition coefficient (Wildman–Crippen LogP) is 4.75. The van der Waals surface area contributed by atoms with E-state index in [2.05, 4.69) is 4.99 Å². The highest BCUT2D eigenvalue weighted by atomic mass is 35.5. The van der Waals surface area contributed by atoms with Crippen molar-refractivity contribution in [2.45, 2.75) is 6.54 Å². The van der Waals surface area contributed by atoms with E-state index in [1.54, 1.807) is 19.2 Å². The first kappa shape index (κ1) is 20.7. The summed E-state index contributed by atoms with van der Waals surface area (Å²) in [6.07, 6.45) is 0. The quantitative estimate of drug-likeness (QED) is 0.403. The number of carbonyl (C=O) groups excluding carboxylic acids is 2. The van der Waals surface area contributed by atoms with Crippen molar-refractivity contribution in [3.8, 4) is 0 Å². The Balaban J connectivity index is 1.84. The van der Waals surface area contributed by atoms with Gasteiger partial charge in [0.15, 0.2) is 4.80 Å². The highest BCUT2D eigenvalue weighted by molar-refractivity contribution is 7.21. The van der Waals surface area contributed by atoms with Gasteiger partial charge in [0.1, 0.15) is 4.88 Å². The van der Waals surface area contributed by atoms with Gasteiger partial charge in [-0.25, -0.2) is 4.79 Å². The molecule has 2 aromatic heterocycles. The third kappa shape index (κ3) is 3.79. The molecule has 0 unspecified atom stereocenters. The van der Waals surface area contributed by atoms with Gasteiger partial charge in [0.2, 0.25) is 0 Å². The summed E-state index contributed by atoms with van der Waals surface area (Å²) in [6, 6.07) is 12.9. The van der Waals surface area contributed by atoms with E-state index in [1.165, 1.54) is 29.8 Å². The van der Waals surface area contributed by atoms with Crippen molar-refractivity contribution >= 4 is 66.5 Å². The van der Waals surface area contributed by atoms with Gasteiger partial charge in [0.25, 0.3) is 5.91 Å². The standard InChI is InChI=1S/C21H17ClN2O4S2/c1-27-10-9-24-14-8-7-12(20(26)28-2)11-16(14)30-21(24)23-19(25)18-17(22)13-5-3-4-6-15(13)29-18/h3-8,11H,9-10H2,1-2H3. The van der Waals surface area contributed by atoms with E-state index in [9.17, 15) is 9.59 Å². The topological polar surface area (TPSA) is 69.9 Å². The largest absolute Gasteiger partial charge is 0.465 e. The molecule has 0 N–H and O–H groups in total. The van der Waals surface area contributed by atoms with E-state index >= 15 is 0 Å². The Morgan fingerprint density at radius 2 is 1.90 bits per heavy atom. The fourth-order valence-corrected chi connectivity index (χ4v) is 5.58. The van der Waals surface area contributed by atoms with Crippen LogP contribution in [-0.2, 0) is 16.0 Å². The number of thiophene rings is 1. The molecule has 2 aromatic carbocycles. The third-order valence-corrected chi connectivity index (χ3v) is 7.25. The maximum atomic E-state index is 13.0. The molecule has 0 aliphatic rings. The molecule has 0 radical (unpaired) electrons. The minimum absolute atomic E-state index is 0.396. The van der Waals surface area contributed by atoms with Gasteiger partial charge in [-0.15, -0.1) is 11.3 Å². The highest BCUT2D eigenvalue weighted by Crippen LogP contribution is 2.35. The van der Waals surface area contributed by atoms with Gasteiger partial charge < -0.3 is 14.0 Å². The number of amides is 1. The van der Waals surface area contributed by atoms with Crippen LogP contribution in [-0.4, -0.2) is 37.3 Å². The number of hydrogen-bond acceptors (Lipinski definition) is 6. The second-order valence-corrected chi connectivity index (χ2v) is 8.80. The Hall–Kier alpha value is -2.52. The lowest BCUT2D eigenvalue weighted by Gasteiger charge is -2.05. The van der Waals surface area contributed by atoms with Crippen LogP contribution in [0, 0.1) is 0 Å². The number of rotatable bonds is 5. The molecule has 9 heteroatoms. The van der Waals surface area contributed by atoms with E-state index in [0.717, 1.165) is 20.3 Å². The van der Waals surface area contributed by atoms with Crippen molar-refractivity contribution in [2.24, 2.45) is 4.99 Å². The number of hydrogen-bond donors (Lipinski definition) is 0. The minimum atomic E-state index is -0.416. The number of thiazole rings is 1. The Bertz CT molecular complexity index is 1340. The fourth-order valence-electron chi connectivity index (χ4n) is 3.09. The maximum Gasteiger partial charge on any atom is 0.337 e. The molecule has 0 spiro atoms. The molecular weight excluding hydrogens is 444 g/mol. The number of aromatic nitrogens is 1. The van der Waals surface area contributed by atoms with Crippen LogP contribution in [0.3, 0.4) is 0 Å². The molecule has 0 fully saturated rings. The number of carbonyl (C=O) groups is 2. The fraction of sp³-hybridized carbons (Fsp3) is 0.190. The van der Waals surface area contributed by atoms with Crippen molar-refractivity contribution in [2.75, 3.05) is 20.8 Å². The van der Waals surface area contributed by atoms with Crippen LogP contribution < -0.4 is 4.80 Å². The SMILES string of the molecule is COCCn1c(=NC(=O)c2sc3ccccc3c2Cl)sc2cc(C(=O)OC)ccc21. The van der Waals surface area contributed by atoms with E-state index in [1.807, 2.05) is 34.9 Å². The minimum Gasteiger partial charge on any atom is -0.465 e. The molecule has 0 bridgehead atoms. The van der Waals surface area contributed by atoms with Crippen LogP contribution in [0.4, 0.5) is 0 Å². The van der Waals surface area contributed by atoms with Gasteiger partial charge in [-0.2, -0.15) is 4.99 Å². The van der Waals surface area contributed by atoms with E-state index in [-0.39, 0.29) is 0 Å². The molecule has 0 aliphatic carbocycles. The van der Waals surface area contributed by atoms with E-state index in [4.69, 9.17) is 21.1 Å². The average molecular weight is 461 g/mol. The zero-order valence-electron chi connectivity index (χ0n) is 16.2. The first-order valence-electron chi connectivity index (χ1n) is 9.00. The second kappa shape index (κ2) is 8.69. The number of halogens is 1. The lowest BCUT2D eigenvalue weighted by Crippen LogP contribution is -2.19. The van der Waals surface area contributed by atoms with Crippen LogP contribution in [0.5, 0.6) is 0 Å². The summed E-state index contributed by atoms with van der Waals surface area (Å²) in [5, 5.41) is 1.26. The normalized spacial score (nSPS) is 12.0. The summed E-state index contributed by atoms with van der Waals surface area (Å²) in [4.78, 5) is 30.1. The smallest absolute Gasteiger partial charge is 0.337 e. The lowest BCUT2D eigenvalue weighted by molar-refractivity contribution is 0.0600. The van der Waals surface area contributed by atoms with Crippen LogP contribution in [0.15, 0.2) is 47.5 Å². The second-order valence-electron chi connectivity index (χ2n) is 6.36. The molecule has 1 amide bonds. The monoisotopic (exact) mass is 460 g/mol. The molecule has 0 atom stereocenters. The van der Waals surface area contributed by atoms with E-state index in [0.29, 0.717) is 33.4 Å². The third-order valence-electron chi connectivity index (χ3n) is 4.55. The van der Waals surface area contributed by atoms with Gasteiger partial charge in [-0.3, -0.25) is 4.79 Å². The Morgan fingerprint density at radius 3 is 2.63 bits per heavy atom. The van der Waals surface area contributed by atoms with Crippen molar-refractivity contribution in [3.63, 3.8) is 0 Å². The molecule has 0 saturated heterocycles. The summed E-state index contributed by atoms with van der Waals surface area (Å²) in [5.41, 5.74) is 1.30.